The first-order valence-corrected chi connectivity index (χ1v) is 7.38. The number of amides is 1. The highest BCUT2D eigenvalue weighted by Gasteiger charge is 2.12. The molecule has 1 heterocycles. The Balaban J connectivity index is 1.60. The maximum atomic E-state index is 11.8. The Morgan fingerprint density at radius 3 is 2.95 bits per heavy atom. The maximum absolute atomic E-state index is 11.8. The largest absolute Gasteiger partial charge is 0.376 e. The van der Waals surface area contributed by atoms with Crippen molar-refractivity contribution in [3.8, 4) is 0 Å². The molecule has 0 radical (unpaired) electrons. The summed E-state index contributed by atoms with van der Waals surface area (Å²) in [4.78, 5) is 11.8. The lowest BCUT2D eigenvalue weighted by Crippen LogP contribution is -2.35. The number of piperidine rings is 1. The molecule has 0 atom stereocenters. The van der Waals surface area contributed by atoms with Gasteiger partial charge in [0, 0.05) is 6.54 Å². The van der Waals surface area contributed by atoms with Crippen molar-refractivity contribution in [3.05, 3.63) is 35.4 Å². The lowest BCUT2D eigenvalue weighted by Gasteiger charge is -2.22. The number of hydrogen-bond donors (Lipinski definition) is 2. The number of ether oxygens (including phenoxy) is 1. The van der Waals surface area contributed by atoms with Gasteiger partial charge in [0.1, 0.15) is 0 Å². The molecule has 1 aromatic rings. The van der Waals surface area contributed by atoms with E-state index in [2.05, 4.69) is 10.6 Å². The van der Waals surface area contributed by atoms with Crippen LogP contribution in [0.2, 0.25) is 0 Å². The summed E-state index contributed by atoms with van der Waals surface area (Å²) >= 11 is 0. The van der Waals surface area contributed by atoms with Crippen LogP contribution in [0.1, 0.15) is 24.0 Å². The van der Waals surface area contributed by atoms with Crippen LogP contribution in [0.3, 0.4) is 0 Å². The number of hydrogen-bond acceptors (Lipinski definition) is 3. The van der Waals surface area contributed by atoms with Gasteiger partial charge < -0.3 is 15.4 Å². The summed E-state index contributed by atoms with van der Waals surface area (Å²) in [5.74, 6) is 0.0597. The zero-order valence-corrected chi connectivity index (χ0v) is 12.2. The van der Waals surface area contributed by atoms with Crippen LogP contribution in [0, 0.1) is 6.92 Å². The Kier molecular flexibility index (Phi) is 6.02. The first kappa shape index (κ1) is 15.0. The first-order chi connectivity index (χ1) is 9.74. The highest BCUT2D eigenvalue weighted by atomic mass is 16.5. The number of nitrogens with one attached hydrogen (secondary N) is 2. The molecule has 2 rings (SSSR count). The molecule has 1 fully saturated rings. The molecule has 4 heteroatoms. The number of benzene rings is 1. The second-order valence-electron chi connectivity index (χ2n) is 5.34. The second-order valence-corrected chi connectivity index (χ2v) is 5.34. The van der Waals surface area contributed by atoms with Crippen LogP contribution in [0.4, 0.5) is 0 Å². The number of carbonyl (C=O) groups excluding carboxylic acids is 1. The number of carbonyl (C=O) groups is 1. The van der Waals surface area contributed by atoms with Crippen molar-refractivity contribution in [1.82, 2.24) is 10.6 Å². The summed E-state index contributed by atoms with van der Waals surface area (Å²) in [5, 5.41) is 6.22. The van der Waals surface area contributed by atoms with Crippen molar-refractivity contribution in [1.29, 1.82) is 0 Å². The van der Waals surface area contributed by atoms with Gasteiger partial charge in [-0.05, 0) is 38.4 Å². The Morgan fingerprint density at radius 1 is 1.40 bits per heavy atom. The van der Waals surface area contributed by atoms with Crippen molar-refractivity contribution in [2.75, 3.05) is 26.2 Å². The number of aryl methyl sites for hydroxylation is 1. The average Bonchev–Trinajstić information content (AvgIpc) is 2.45. The predicted molar refractivity (Wildman–Crippen MR) is 79.7 cm³/mol. The number of rotatable bonds is 6. The molecule has 1 amide bonds. The van der Waals surface area contributed by atoms with Crippen LogP contribution in [-0.4, -0.2) is 38.3 Å². The third-order valence-electron chi connectivity index (χ3n) is 3.51. The van der Waals surface area contributed by atoms with Crippen LogP contribution in [0.5, 0.6) is 0 Å². The molecule has 1 aliphatic rings. The van der Waals surface area contributed by atoms with Crippen molar-refractivity contribution >= 4 is 5.91 Å². The topological polar surface area (TPSA) is 50.4 Å². The van der Waals surface area contributed by atoms with Crippen LogP contribution < -0.4 is 10.6 Å². The molecule has 110 valence electrons. The molecule has 0 spiro atoms. The van der Waals surface area contributed by atoms with Gasteiger partial charge >= 0.3 is 0 Å². The summed E-state index contributed by atoms with van der Waals surface area (Å²) < 4.78 is 5.75. The minimum Gasteiger partial charge on any atom is -0.376 e. The van der Waals surface area contributed by atoms with Gasteiger partial charge in [-0.1, -0.05) is 29.8 Å². The molecular formula is C16H24N2O2. The van der Waals surface area contributed by atoms with Crippen molar-refractivity contribution in [3.63, 3.8) is 0 Å². The van der Waals surface area contributed by atoms with E-state index < -0.39 is 0 Å². The zero-order valence-electron chi connectivity index (χ0n) is 12.2. The highest BCUT2D eigenvalue weighted by Crippen LogP contribution is 2.06. The van der Waals surface area contributed by atoms with Gasteiger partial charge in [-0.3, -0.25) is 4.79 Å². The van der Waals surface area contributed by atoms with Crippen LogP contribution in [0.15, 0.2) is 24.3 Å². The SMILES string of the molecule is Cc1cccc(CC(=O)NCCOC2CCNCC2)c1. The van der Waals surface area contributed by atoms with E-state index in [4.69, 9.17) is 4.74 Å². The monoisotopic (exact) mass is 276 g/mol. The van der Waals surface area contributed by atoms with E-state index in [1.54, 1.807) is 0 Å². The van der Waals surface area contributed by atoms with E-state index in [9.17, 15) is 4.79 Å². The lowest BCUT2D eigenvalue weighted by atomic mass is 10.1. The zero-order chi connectivity index (χ0) is 14.2. The fourth-order valence-corrected chi connectivity index (χ4v) is 2.45. The normalized spacial score (nSPS) is 16.1. The van der Waals surface area contributed by atoms with Crippen LogP contribution >= 0.6 is 0 Å². The van der Waals surface area contributed by atoms with E-state index in [1.807, 2.05) is 31.2 Å². The third kappa shape index (κ3) is 5.31. The summed E-state index contributed by atoms with van der Waals surface area (Å²) in [7, 11) is 0. The summed E-state index contributed by atoms with van der Waals surface area (Å²) in [6.45, 7) is 5.29. The van der Waals surface area contributed by atoms with E-state index in [-0.39, 0.29) is 5.91 Å². The molecular weight excluding hydrogens is 252 g/mol. The maximum Gasteiger partial charge on any atom is 0.224 e. The van der Waals surface area contributed by atoms with Crippen molar-refractivity contribution < 1.29 is 9.53 Å². The Morgan fingerprint density at radius 2 is 2.20 bits per heavy atom. The molecule has 1 aliphatic heterocycles. The molecule has 20 heavy (non-hydrogen) atoms. The van der Waals surface area contributed by atoms with Crippen LogP contribution in [-0.2, 0) is 16.0 Å². The van der Waals surface area contributed by atoms with Gasteiger partial charge in [-0.2, -0.15) is 0 Å². The minimum atomic E-state index is 0.0597. The molecule has 0 aliphatic carbocycles. The second kappa shape index (κ2) is 8.02. The van der Waals surface area contributed by atoms with Crippen LogP contribution in [0.25, 0.3) is 0 Å². The predicted octanol–water partition coefficient (Wildman–Crippen LogP) is 1.42. The molecule has 0 saturated carbocycles. The summed E-state index contributed by atoms with van der Waals surface area (Å²) in [6.07, 6.45) is 2.92. The molecule has 1 saturated heterocycles. The molecule has 1 aromatic carbocycles. The van der Waals surface area contributed by atoms with E-state index in [1.165, 1.54) is 5.56 Å². The van der Waals surface area contributed by atoms with Crippen molar-refractivity contribution in [2.45, 2.75) is 32.3 Å². The smallest absolute Gasteiger partial charge is 0.224 e. The Bertz CT molecular complexity index is 428. The lowest BCUT2D eigenvalue weighted by molar-refractivity contribution is -0.120. The van der Waals surface area contributed by atoms with Gasteiger partial charge in [0.2, 0.25) is 5.91 Å². The van der Waals surface area contributed by atoms with Gasteiger partial charge in [0.15, 0.2) is 0 Å². The third-order valence-corrected chi connectivity index (χ3v) is 3.51. The molecule has 0 aromatic heterocycles. The van der Waals surface area contributed by atoms with E-state index >= 15 is 0 Å². The standard InChI is InChI=1S/C16H24N2O2/c1-13-3-2-4-14(11-13)12-16(19)18-9-10-20-15-5-7-17-8-6-15/h2-4,11,15,17H,5-10,12H2,1H3,(H,18,19). The molecule has 2 N–H and O–H groups in total. The Labute approximate surface area is 120 Å². The summed E-state index contributed by atoms with van der Waals surface area (Å²) in [5.41, 5.74) is 2.24. The minimum absolute atomic E-state index is 0.0597. The molecule has 0 unspecified atom stereocenters. The first-order valence-electron chi connectivity index (χ1n) is 7.38. The summed E-state index contributed by atoms with van der Waals surface area (Å²) in [6, 6.07) is 8.05. The quantitative estimate of drug-likeness (QED) is 0.773. The average molecular weight is 276 g/mol. The van der Waals surface area contributed by atoms with Crippen molar-refractivity contribution in [2.24, 2.45) is 0 Å². The van der Waals surface area contributed by atoms with E-state index in [0.717, 1.165) is 31.5 Å². The molecule has 4 nitrogen and oxygen atoms in total. The van der Waals surface area contributed by atoms with E-state index in [0.29, 0.717) is 25.7 Å². The van der Waals surface area contributed by atoms with Gasteiger partial charge in [0.25, 0.3) is 0 Å². The van der Waals surface area contributed by atoms with Gasteiger partial charge in [-0.25, -0.2) is 0 Å². The highest BCUT2D eigenvalue weighted by molar-refractivity contribution is 5.78. The van der Waals surface area contributed by atoms with Gasteiger partial charge in [-0.15, -0.1) is 0 Å². The van der Waals surface area contributed by atoms with Gasteiger partial charge in [0.05, 0.1) is 19.1 Å². The Hall–Kier alpha value is -1.39. The fourth-order valence-electron chi connectivity index (χ4n) is 2.45. The fraction of sp³-hybridized carbons (Fsp3) is 0.562. The molecule has 0 bridgehead atoms.